The Kier molecular flexibility index (Phi) is 5.69. The molecule has 202 valence electrons. The van der Waals surface area contributed by atoms with Gasteiger partial charge in [-0.05, 0) is 82.8 Å². The van der Waals surface area contributed by atoms with Crippen LogP contribution in [0, 0.1) is 11.8 Å². The number of nitrogens with zero attached hydrogens (tertiary/aromatic N) is 4. The van der Waals surface area contributed by atoms with Crippen molar-refractivity contribution in [3.63, 3.8) is 0 Å². The van der Waals surface area contributed by atoms with Gasteiger partial charge in [-0.2, -0.15) is 0 Å². The molecular weight excluding hydrogens is 478 g/mol. The number of carbonyl (C=O) groups excluding carboxylic acids is 2. The normalized spacial score (nSPS) is 34.9. The summed E-state index contributed by atoms with van der Waals surface area (Å²) in [5, 5.41) is 2.70. The minimum atomic E-state index is -1.07. The summed E-state index contributed by atoms with van der Waals surface area (Å²) in [5.74, 6) is 1.27. The maximum Gasteiger partial charge on any atom is 0.331 e. The van der Waals surface area contributed by atoms with Crippen LogP contribution < -0.4 is 15.8 Å². The van der Waals surface area contributed by atoms with Gasteiger partial charge in [-0.3, -0.25) is 14.5 Å². The second-order valence-electron chi connectivity index (χ2n) is 13.1. The number of amides is 3. The Balaban J connectivity index is 1.26. The average Bonchev–Trinajstić information content (AvgIpc) is 3.08. The van der Waals surface area contributed by atoms with Gasteiger partial charge in [-0.15, -0.1) is 0 Å². The predicted molar refractivity (Wildman–Crippen MR) is 146 cm³/mol. The molecule has 3 saturated heterocycles. The first-order chi connectivity index (χ1) is 18.3. The van der Waals surface area contributed by atoms with Gasteiger partial charge >= 0.3 is 6.03 Å². The highest BCUT2D eigenvalue weighted by atomic mass is 16.2. The van der Waals surface area contributed by atoms with Crippen LogP contribution in [0.4, 0.5) is 10.6 Å². The van der Waals surface area contributed by atoms with E-state index in [1.807, 2.05) is 28.8 Å². The molecule has 8 heteroatoms. The van der Waals surface area contributed by atoms with Crippen molar-refractivity contribution >= 4 is 28.8 Å². The number of nitrogens with one attached hydrogen (secondary N) is 1. The topological polar surface area (TPSA) is 87.5 Å². The number of carbonyl (C=O) groups is 2. The van der Waals surface area contributed by atoms with E-state index >= 15 is 0 Å². The minimum Gasteiger partial charge on any atom is -0.323 e. The summed E-state index contributed by atoms with van der Waals surface area (Å²) in [6, 6.07) is 8.74. The Bertz CT molecular complexity index is 1330. The molecular formula is C30H39N5O3. The second-order valence-corrected chi connectivity index (χ2v) is 13.1. The molecule has 0 spiro atoms. The highest BCUT2D eigenvalue weighted by molar-refractivity contribution is 6.22. The number of hydrogen-bond donors (Lipinski definition) is 1. The Labute approximate surface area is 223 Å². The van der Waals surface area contributed by atoms with Gasteiger partial charge in [0.1, 0.15) is 5.54 Å². The van der Waals surface area contributed by atoms with Crippen LogP contribution in [-0.4, -0.2) is 50.1 Å². The third-order valence-corrected chi connectivity index (χ3v) is 10.2. The number of imide groups is 1. The summed E-state index contributed by atoms with van der Waals surface area (Å²) >= 11 is 0. The molecule has 5 aliphatic rings. The smallest absolute Gasteiger partial charge is 0.323 e. The zero-order chi connectivity index (χ0) is 26.2. The molecule has 4 atom stereocenters. The molecule has 3 aliphatic heterocycles. The summed E-state index contributed by atoms with van der Waals surface area (Å²) < 4.78 is 1.88. The molecule has 5 fully saturated rings. The van der Waals surface area contributed by atoms with Crippen LogP contribution in [0.25, 0.3) is 11.0 Å². The van der Waals surface area contributed by atoms with Gasteiger partial charge in [0.2, 0.25) is 5.82 Å². The predicted octanol–water partition coefficient (Wildman–Crippen LogP) is 4.76. The second kappa shape index (κ2) is 8.90. The number of hydrogen-bond acceptors (Lipinski definition) is 5. The van der Waals surface area contributed by atoms with Crippen molar-refractivity contribution in [2.24, 2.45) is 11.8 Å². The van der Waals surface area contributed by atoms with Crippen molar-refractivity contribution in [3.8, 4) is 0 Å². The van der Waals surface area contributed by atoms with Crippen molar-refractivity contribution in [1.29, 1.82) is 0 Å². The number of rotatable bonds is 3. The van der Waals surface area contributed by atoms with Gasteiger partial charge in [0, 0.05) is 24.2 Å². The van der Waals surface area contributed by atoms with Crippen LogP contribution >= 0.6 is 0 Å². The quantitative estimate of drug-likeness (QED) is 0.594. The lowest BCUT2D eigenvalue weighted by Crippen LogP contribution is -2.58. The zero-order valence-corrected chi connectivity index (χ0v) is 22.6. The fourth-order valence-corrected chi connectivity index (χ4v) is 8.73. The fourth-order valence-electron chi connectivity index (χ4n) is 8.73. The number of benzene rings is 1. The Morgan fingerprint density at radius 3 is 2.13 bits per heavy atom. The molecule has 4 heterocycles. The average molecular weight is 518 g/mol. The van der Waals surface area contributed by atoms with E-state index in [4.69, 9.17) is 0 Å². The lowest BCUT2D eigenvalue weighted by Gasteiger charge is -2.55. The number of anilines is 1. The molecule has 4 bridgehead atoms. The zero-order valence-electron chi connectivity index (χ0n) is 22.6. The molecule has 4 unspecified atom stereocenters. The molecule has 2 aromatic rings. The third-order valence-electron chi connectivity index (χ3n) is 10.2. The van der Waals surface area contributed by atoms with Crippen LogP contribution in [0.15, 0.2) is 29.1 Å². The van der Waals surface area contributed by atoms with Gasteiger partial charge in [0.15, 0.2) is 0 Å². The minimum absolute atomic E-state index is 0.0255. The lowest BCUT2D eigenvalue weighted by molar-refractivity contribution is -0.121. The van der Waals surface area contributed by atoms with E-state index in [1.54, 1.807) is 13.8 Å². The van der Waals surface area contributed by atoms with Crippen molar-refractivity contribution in [1.82, 2.24) is 19.8 Å². The van der Waals surface area contributed by atoms with Gasteiger partial charge < -0.3 is 9.88 Å². The Hall–Kier alpha value is -2.74. The van der Waals surface area contributed by atoms with Crippen molar-refractivity contribution in [3.05, 3.63) is 34.6 Å². The molecule has 8 nitrogen and oxygen atoms in total. The molecule has 1 aromatic carbocycles. The van der Waals surface area contributed by atoms with Crippen LogP contribution in [0.1, 0.15) is 90.5 Å². The van der Waals surface area contributed by atoms with Crippen LogP contribution in [-0.2, 0) is 4.79 Å². The molecule has 1 aromatic heterocycles. The summed E-state index contributed by atoms with van der Waals surface area (Å²) in [4.78, 5) is 48.5. The van der Waals surface area contributed by atoms with E-state index in [-0.39, 0.29) is 17.4 Å². The van der Waals surface area contributed by atoms with Gasteiger partial charge in [0.05, 0.1) is 11.0 Å². The number of aromatic nitrogens is 2. The molecule has 2 aliphatic carbocycles. The third kappa shape index (κ3) is 3.81. The first-order valence-electron chi connectivity index (χ1n) is 14.8. The highest BCUT2D eigenvalue weighted by Crippen LogP contribution is 2.47. The van der Waals surface area contributed by atoms with Gasteiger partial charge in [-0.1, -0.05) is 37.8 Å². The number of para-hydroxylation sites is 2. The highest BCUT2D eigenvalue weighted by Gasteiger charge is 2.48. The lowest BCUT2D eigenvalue weighted by atomic mass is 9.68. The van der Waals surface area contributed by atoms with E-state index < -0.39 is 17.5 Å². The van der Waals surface area contributed by atoms with Crippen molar-refractivity contribution in [2.45, 2.75) is 114 Å². The van der Waals surface area contributed by atoms with E-state index in [1.165, 1.54) is 57.8 Å². The van der Waals surface area contributed by atoms with E-state index in [0.717, 1.165) is 35.1 Å². The monoisotopic (exact) mass is 517 g/mol. The van der Waals surface area contributed by atoms with Gasteiger partial charge in [-0.25, -0.2) is 14.7 Å². The molecule has 7 rings (SSSR count). The van der Waals surface area contributed by atoms with Crippen LogP contribution in [0.2, 0.25) is 0 Å². The van der Waals surface area contributed by atoms with Crippen molar-refractivity contribution < 1.29 is 9.59 Å². The first kappa shape index (κ1) is 24.3. The number of fused-ring (bicyclic) bond motifs is 5. The largest absolute Gasteiger partial charge is 0.331 e. The number of urea groups is 1. The van der Waals surface area contributed by atoms with Crippen LogP contribution in [0.5, 0.6) is 0 Å². The SMILES string of the molecule is CC1(C)NC(=O)N(c2nc3ccccc3n(C3CC4CCCC(C3)N4C3CC4CCCC(C4)C3)c2=O)C1=O. The maximum absolute atomic E-state index is 14.1. The first-order valence-corrected chi connectivity index (χ1v) is 14.8. The maximum atomic E-state index is 14.1. The summed E-state index contributed by atoms with van der Waals surface area (Å²) in [6.45, 7) is 3.31. The fraction of sp³-hybridized carbons (Fsp3) is 0.667. The standard InChI is InChI=1S/C30H39N5O3/c1-30(2)28(37)35(29(38)32-30)26-27(36)34(25-12-4-3-11-24(25)31-26)23-16-20-9-6-10-21(17-23)33(20)22-14-18-7-5-8-19(13-18)15-22/h3-4,11-12,18-23H,5-10,13-17H2,1-2H3,(H,32,38). The summed E-state index contributed by atoms with van der Waals surface area (Å²) in [5.41, 5.74) is 0.0208. The Morgan fingerprint density at radius 1 is 0.816 bits per heavy atom. The van der Waals surface area contributed by atoms with E-state index in [0.29, 0.717) is 23.6 Å². The Morgan fingerprint density at radius 2 is 1.47 bits per heavy atom. The molecule has 2 saturated carbocycles. The van der Waals surface area contributed by atoms with Gasteiger partial charge in [0.25, 0.3) is 11.5 Å². The molecule has 3 amide bonds. The summed E-state index contributed by atoms with van der Waals surface area (Å²) in [7, 11) is 0. The van der Waals surface area contributed by atoms with Crippen molar-refractivity contribution in [2.75, 3.05) is 4.90 Å². The van der Waals surface area contributed by atoms with E-state index in [2.05, 4.69) is 15.2 Å². The number of piperidine rings is 2. The molecule has 38 heavy (non-hydrogen) atoms. The molecule has 1 N–H and O–H groups in total. The summed E-state index contributed by atoms with van der Waals surface area (Å²) in [6.07, 6.45) is 13.8. The van der Waals surface area contributed by atoms with E-state index in [9.17, 15) is 14.4 Å². The van der Waals surface area contributed by atoms with Crippen LogP contribution in [0.3, 0.4) is 0 Å². The molecule has 0 radical (unpaired) electrons.